The van der Waals surface area contributed by atoms with Gasteiger partial charge in [-0.05, 0) is 20.3 Å². The van der Waals surface area contributed by atoms with Gasteiger partial charge in [0.05, 0.1) is 18.1 Å². The summed E-state index contributed by atoms with van der Waals surface area (Å²) >= 11 is 0. The van der Waals surface area contributed by atoms with Crippen molar-refractivity contribution >= 4 is 21.6 Å². The monoisotopic (exact) mass is 356 g/mol. The molecule has 9 heteroatoms. The highest BCUT2D eigenvalue weighted by Crippen LogP contribution is 2.23. The second-order valence-corrected chi connectivity index (χ2v) is 7.98. The fraction of sp³-hybridized carbons (Fsp3) is 0.667. The van der Waals surface area contributed by atoms with Gasteiger partial charge in [0.25, 0.3) is 5.91 Å². The summed E-state index contributed by atoms with van der Waals surface area (Å²) in [4.78, 5) is 22.7. The van der Waals surface area contributed by atoms with Gasteiger partial charge < -0.3 is 15.0 Å². The smallest absolute Gasteiger partial charge is 0.270 e. The van der Waals surface area contributed by atoms with Crippen LogP contribution in [-0.2, 0) is 14.6 Å². The maximum absolute atomic E-state index is 12.2. The van der Waals surface area contributed by atoms with E-state index in [0.717, 1.165) is 0 Å². The van der Waals surface area contributed by atoms with Gasteiger partial charge in [-0.25, -0.2) is 18.4 Å². The number of nitrogens with zero attached hydrogens (tertiary/aromatic N) is 3. The predicted octanol–water partition coefficient (Wildman–Crippen LogP) is 0.175. The summed E-state index contributed by atoms with van der Waals surface area (Å²) in [6.45, 7) is 5.09. The van der Waals surface area contributed by atoms with Gasteiger partial charge in [-0.15, -0.1) is 0 Å². The summed E-state index contributed by atoms with van der Waals surface area (Å²) < 4.78 is 28.4. The van der Waals surface area contributed by atoms with Gasteiger partial charge in [0.15, 0.2) is 9.84 Å². The van der Waals surface area contributed by atoms with Gasteiger partial charge in [-0.2, -0.15) is 0 Å². The quantitative estimate of drug-likeness (QED) is 0.695. The molecule has 0 aromatic carbocycles. The number of nitrogens with one attached hydrogen (secondary N) is 1. The number of aryl methyl sites for hydroxylation is 1. The molecule has 134 valence electrons. The maximum Gasteiger partial charge on any atom is 0.270 e. The third-order valence-corrected chi connectivity index (χ3v) is 5.68. The average molecular weight is 356 g/mol. The van der Waals surface area contributed by atoms with Crippen LogP contribution in [0.2, 0.25) is 0 Å². The molecule has 0 saturated carbocycles. The second-order valence-electron chi connectivity index (χ2n) is 5.75. The molecule has 0 bridgehead atoms. The van der Waals surface area contributed by atoms with E-state index in [9.17, 15) is 13.2 Å². The Hall–Kier alpha value is -1.74. The Morgan fingerprint density at radius 2 is 2.21 bits per heavy atom. The highest BCUT2D eigenvalue weighted by atomic mass is 32.2. The van der Waals surface area contributed by atoms with Crippen LogP contribution in [0, 0.1) is 6.92 Å². The number of hydrogen-bond donors (Lipinski definition) is 1. The molecule has 2 rings (SSSR count). The van der Waals surface area contributed by atoms with Crippen LogP contribution < -0.4 is 10.2 Å². The maximum atomic E-state index is 12.2. The Balaban J connectivity index is 2.21. The molecule has 24 heavy (non-hydrogen) atoms. The number of amides is 1. The standard InChI is InChI=1S/C15H24N4O4S/c1-4-19(12-5-8-24(21,22)10-12)14-9-13(17-11(2)18-14)15(20)16-6-7-23-3/h9,12H,4-8,10H2,1-3H3,(H,16,20). The molecule has 1 aliphatic rings. The summed E-state index contributed by atoms with van der Waals surface area (Å²) in [6, 6.07) is 1.50. The highest BCUT2D eigenvalue weighted by molar-refractivity contribution is 7.91. The summed E-state index contributed by atoms with van der Waals surface area (Å²) in [5.74, 6) is 1.09. The largest absolute Gasteiger partial charge is 0.383 e. The van der Waals surface area contributed by atoms with Crippen molar-refractivity contribution in [3.63, 3.8) is 0 Å². The van der Waals surface area contributed by atoms with E-state index in [0.29, 0.717) is 37.8 Å². The molecule has 0 radical (unpaired) electrons. The number of ether oxygens (including phenoxy) is 1. The lowest BCUT2D eigenvalue weighted by Gasteiger charge is -2.28. The molecule has 1 saturated heterocycles. The molecule has 1 amide bonds. The van der Waals surface area contributed by atoms with E-state index < -0.39 is 9.84 Å². The molecule has 1 fully saturated rings. The zero-order chi connectivity index (χ0) is 17.7. The zero-order valence-corrected chi connectivity index (χ0v) is 15.1. The van der Waals surface area contributed by atoms with Crippen molar-refractivity contribution in [1.29, 1.82) is 0 Å². The predicted molar refractivity (Wildman–Crippen MR) is 91.1 cm³/mol. The Labute approximate surface area is 142 Å². The molecule has 0 spiro atoms. The molecule has 0 aliphatic carbocycles. The van der Waals surface area contributed by atoms with Crippen molar-refractivity contribution in [1.82, 2.24) is 15.3 Å². The molecule has 1 atom stereocenters. The van der Waals surface area contributed by atoms with Crippen LogP contribution in [0.4, 0.5) is 5.82 Å². The fourth-order valence-corrected chi connectivity index (χ4v) is 4.53. The zero-order valence-electron chi connectivity index (χ0n) is 14.3. The Bertz CT molecular complexity index is 693. The van der Waals surface area contributed by atoms with Crippen molar-refractivity contribution in [2.24, 2.45) is 0 Å². The Morgan fingerprint density at radius 1 is 1.46 bits per heavy atom. The van der Waals surface area contributed by atoms with Crippen LogP contribution in [0.1, 0.15) is 29.7 Å². The van der Waals surface area contributed by atoms with E-state index in [1.807, 2.05) is 11.8 Å². The van der Waals surface area contributed by atoms with Crippen molar-refractivity contribution in [3.05, 3.63) is 17.6 Å². The SMILES string of the molecule is CCN(c1cc(C(=O)NCCOC)nc(C)n1)C1CCS(=O)(=O)C1. The minimum atomic E-state index is -2.99. The number of methoxy groups -OCH3 is 1. The average Bonchev–Trinajstić information content (AvgIpc) is 2.87. The first kappa shape index (κ1) is 18.6. The Morgan fingerprint density at radius 3 is 2.79 bits per heavy atom. The van der Waals surface area contributed by atoms with E-state index >= 15 is 0 Å². The molecule has 1 unspecified atom stereocenters. The number of sulfone groups is 1. The molecule has 1 aliphatic heterocycles. The minimum absolute atomic E-state index is 0.112. The lowest BCUT2D eigenvalue weighted by atomic mass is 10.2. The van der Waals surface area contributed by atoms with Crippen LogP contribution in [0.5, 0.6) is 0 Å². The summed E-state index contributed by atoms with van der Waals surface area (Å²) in [6.07, 6.45) is 0.578. The van der Waals surface area contributed by atoms with E-state index in [2.05, 4.69) is 15.3 Å². The van der Waals surface area contributed by atoms with Crippen LogP contribution >= 0.6 is 0 Å². The number of anilines is 1. The normalized spacial score (nSPS) is 19.2. The molecule has 1 aromatic rings. The van der Waals surface area contributed by atoms with Crippen molar-refractivity contribution in [2.75, 3.05) is 43.2 Å². The second kappa shape index (κ2) is 7.89. The van der Waals surface area contributed by atoms with Crippen molar-refractivity contribution in [3.8, 4) is 0 Å². The van der Waals surface area contributed by atoms with Gasteiger partial charge >= 0.3 is 0 Å². The van der Waals surface area contributed by atoms with Gasteiger partial charge in [-0.1, -0.05) is 0 Å². The first-order valence-corrected chi connectivity index (χ1v) is 9.78. The molecule has 1 N–H and O–H groups in total. The first-order valence-electron chi connectivity index (χ1n) is 7.96. The number of hydrogen-bond acceptors (Lipinski definition) is 7. The van der Waals surface area contributed by atoms with Crippen LogP contribution in [0.3, 0.4) is 0 Å². The lowest BCUT2D eigenvalue weighted by Crippen LogP contribution is -2.37. The van der Waals surface area contributed by atoms with Gasteiger partial charge in [0.2, 0.25) is 0 Å². The van der Waals surface area contributed by atoms with Crippen molar-refractivity contribution < 1.29 is 17.9 Å². The molecule has 8 nitrogen and oxygen atoms in total. The van der Waals surface area contributed by atoms with Crippen LogP contribution in [0.25, 0.3) is 0 Å². The summed E-state index contributed by atoms with van der Waals surface area (Å²) in [5, 5.41) is 2.73. The molecule has 1 aromatic heterocycles. The van der Waals surface area contributed by atoms with Crippen LogP contribution in [-0.4, -0.2) is 68.6 Å². The fourth-order valence-electron chi connectivity index (χ4n) is 2.80. The van der Waals surface area contributed by atoms with Crippen molar-refractivity contribution in [2.45, 2.75) is 26.3 Å². The van der Waals surface area contributed by atoms with Gasteiger partial charge in [-0.3, -0.25) is 4.79 Å². The first-order chi connectivity index (χ1) is 11.4. The minimum Gasteiger partial charge on any atom is -0.383 e. The number of carbonyl (C=O) groups is 1. The topological polar surface area (TPSA) is 101 Å². The lowest BCUT2D eigenvalue weighted by molar-refractivity contribution is 0.0931. The van der Waals surface area contributed by atoms with E-state index in [4.69, 9.17) is 4.74 Å². The van der Waals surface area contributed by atoms with Crippen LogP contribution in [0.15, 0.2) is 6.07 Å². The number of carbonyl (C=O) groups excluding carboxylic acids is 1. The third-order valence-electron chi connectivity index (χ3n) is 3.93. The molecular formula is C15H24N4O4S. The molecule has 2 heterocycles. The van der Waals surface area contributed by atoms with Gasteiger partial charge in [0.1, 0.15) is 17.3 Å². The van der Waals surface area contributed by atoms with E-state index in [1.54, 1.807) is 20.1 Å². The Kier molecular flexibility index (Phi) is 6.11. The number of rotatable bonds is 7. The van der Waals surface area contributed by atoms with Gasteiger partial charge in [0, 0.05) is 32.3 Å². The van der Waals surface area contributed by atoms with E-state index in [1.165, 1.54) is 0 Å². The third kappa shape index (κ3) is 4.64. The summed E-state index contributed by atoms with van der Waals surface area (Å²) in [7, 11) is -1.42. The molecular weight excluding hydrogens is 332 g/mol. The number of aromatic nitrogens is 2. The highest BCUT2D eigenvalue weighted by Gasteiger charge is 2.32. The summed E-state index contributed by atoms with van der Waals surface area (Å²) in [5.41, 5.74) is 0.271. The van der Waals surface area contributed by atoms with E-state index in [-0.39, 0.29) is 29.1 Å².